The topological polar surface area (TPSA) is 70.0 Å². The van der Waals surface area contributed by atoms with E-state index in [-0.39, 0.29) is 31.3 Å². The molecule has 0 spiro atoms. The van der Waals surface area contributed by atoms with Crippen LogP contribution in [0.5, 0.6) is 5.88 Å². The van der Waals surface area contributed by atoms with Crippen molar-refractivity contribution in [2.24, 2.45) is 5.41 Å². The Morgan fingerprint density at radius 2 is 1.83 bits per heavy atom. The number of hydrogen-bond acceptors (Lipinski definition) is 6. The van der Waals surface area contributed by atoms with Gasteiger partial charge in [0.25, 0.3) is 0 Å². The highest BCUT2D eigenvalue weighted by molar-refractivity contribution is 9.10. The van der Waals surface area contributed by atoms with Crippen LogP contribution in [0, 0.1) is 12.3 Å². The fourth-order valence-electron chi connectivity index (χ4n) is 6.73. The highest BCUT2D eigenvalue weighted by atomic mass is 79.9. The second-order valence-corrected chi connectivity index (χ2v) is 12.6. The van der Waals surface area contributed by atoms with Gasteiger partial charge in [-0.15, -0.1) is 0 Å². The molecule has 4 aromatic rings. The van der Waals surface area contributed by atoms with E-state index >= 15 is 0 Å². The second-order valence-electron chi connectivity index (χ2n) is 11.7. The van der Waals surface area contributed by atoms with Crippen LogP contribution >= 0.6 is 15.9 Å². The quantitative estimate of drug-likeness (QED) is 0.219. The summed E-state index contributed by atoms with van der Waals surface area (Å²) in [6, 6.07) is 15.6. The third-order valence-electron chi connectivity index (χ3n) is 8.98. The Morgan fingerprint density at radius 1 is 1.05 bits per heavy atom. The number of fused-ring (bicyclic) bond motifs is 1. The molecule has 212 valence electrons. The SMILES string of the molecule is Cc1nc2nc([C@H]3CCO[C@@H](c4ccc(OCc5ccccc5)nc4)C3)nc(C34CC(C(F)(F)F)(C3)C4)c2cc1Br. The molecule has 4 heterocycles. The van der Waals surface area contributed by atoms with Crippen LogP contribution in [0.25, 0.3) is 11.0 Å². The molecular weight excluding hydrogens is 597 g/mol. The first-order valence-electron chi connectivity index (χ1n) is 13.8. The molecule has 2 bridgehead atoms. The zero-order valence-electron chi connectivity index (χ0n) is 22.4. The average Bonchev–Trinajstić information content (AvgIpc) is 2.91. The van der Waals surface area contributed by atoms with Crippen molar-refractivity contribution < 1.29 is 22.6 Å². The number of halogens is 4. The summed E-state index contributed by atoms with van der Waals surface area (Å²) in [5.41, 5.74) is 1.91. The Hall–Kier alpha value is -3.11. The summed E-state index contributed by atoms with van der Waals surface area (Å²) in [5.74, 6) is 1.16. The summed E-state index contributed by atoms with van der Waals surface area (Å²) in [7, 11) is 0. The Morgan fingerprint density at radius 3 is 2.54 bits per heavy atom. The molecule has 3 aliphatic carbocycles. The number of aromatic nitrogens is 4. The fourth-order valence-corrected chi connectivity index (χ4v) is 7.04. The minimum absolute atomic E-state index is 0.0133. The molecule has 0 radical (unpaired) electrons. The lowest BCUT2D eigenvalue weighted by molar-refractivity contribution is -0.337. The van der Waals surface area contributed by atoms with Gasteiger partial charge in [0.05, 0.1) is 22.9 Å². The summed E-state index contributed by atoms with van der Waals surface area (Å²) in [4.78, 5) is 19.0. The number of nitrogens with zero attached hydrogens (tertiary/aromatic N) is 4. The molecule has 4 fully saturated rings. The lowest BCUT2D eigenvalue weighted by Crippen LogP contribution is -2.70. The van der Waals surface area contributed by atoms with Crippen molar-refractivity contribution in [1.82, 2.24) is 19.9 Å². The normalized spacial score (nSPS) is 27.2. The number of pyridine rings is 2. The van der Waals surface area contributed by atoms with Crippen LogP contribution in [0.1, 0.15) is 72.5 Å². The minimum Gasteiger partial charge on any atom is -0.473 e. The summed E-state index contributed by atoms with van der Waals surface area (Å²) < 4.78 is 53.8. The van der Waals surface area contributed by atoms with Gasteiger partial charge in [-0.05, 0) is 78.2 Å². The molecule has 1 aliphatic heterocycles. The molecule has 0 amide bonds. The monoisotopic (exact) mass is 624 g/mol. The van der Waals surface area contributed by atoms with E-state index in [1.54, 1.807) is 6.20 Å². The van der Waals surface area contributed by atoms with Crippen molar-refractivity contribution >= 4 is 27.0 Å². The molecule has 1 saturated heterocycles. The number of hydrogen-bond donors (Lipinski definition) is 0. The van der Waals surface area contributed by atoms with Crippen molar-refractivity contribution in [2.75, 3.05) is 6.61 Å². The molecule has 0 unspecified atom stereocenters. The number of alkyl halides is 3. The summed E-state index contributed by atoms with van der Waals surface area (Å²) in [6.45, 7) is 2.84. The molecule has 2 atom stereocenters. The third kappa shape index (κ3) is 4.59. The first-order chi connectivity index (χ1) is 19.6. The van der Waals surface area contributed by atoms with Crippen molar-refractivity contribution in [3.05, 3.63) is 87.5 Å². The smallest absolute Gasteiger partial charge is 0.394 e. The lowest BCUT2D eigenvalue weighted by atomic mass is 9.33. The summed E-state index contributed by atoms with van der Waals surface area (Å²) >= 11 is 3.54. The van der Waals surface area contributed by atoms with Crippen molar-refractivity contribution in [2.45, 2.75) is 69.2 Å². The van der Waals surface area contributed by atoms with Gasteiger partial charge in [0, 0.05) is 40.1 Å². The van der Waals surface area contributed by atoms with E-state index in [1.807, 2.05) is 55.5 Å². The van der Waals surface area contributed by atoms with Gasteiger partial charge in [-0.25, -0.2) is 19.9 Å². The van der Waals surface area contributed by atoms with Gasteiger partial charge in [-0.3, -0.25) is 0 Å². The van der Waals surface area contributed by atoms with E-state index in [2.05, 4.69) is 20.9 Å². The van der Waals surface area contributed by atoms with Crippen LogP contribution in [0.2, 0.25) is 0 Å². The van der Waals surface area contributed by atoms with Crippen molar-refractivity contribution in [1.29, 1.82) is 0 Å². The van der Waals surface area contributed by atoms with Crippen LogP contribution in [0.4, 0.5) is 13.2 Å². The molecular formula is C31H28BrF3N4O2. The minimum atomic E-state index is -4.18. The van der Waals surface area contributed by atoms with E-state index in [0.29, 0.717) is 42.7 Å². The Labute approximate surface area is 243 Å². The second kappa shape index (κ2) is 9.73. The highest BCUT2D eigenvalue weighted by Gasteiger charge is 2.79. The van der Waals surface area contributed by atoms with Crippen LogP contribution < -0.4 is 4.74 Å². The Balaban J connectivity index is 1.13. The van der Waals surface area contributed by atoms with Crippen LogP contribution in [0.3, 0.4) is 0 Å². The standard InChI is InChI=1S/C31H28BrF3N4O2/c1-18-23(32)12-22-26(29-15-30(16-29,17-29)31(33,34)35)38-27(39-28(22)37-18)20-9-10-40-24(11-20)21-7-8-25(36-13-21)41-14-19-5-3-2-4-6-19/h2-8,12-13,20,24H,9-11,14-17H2,1H3/t20-,24+,29?,30?/m0/s1. The highest BCUT2D eigenvalue weighted by Crippen LogP contribution is 2.78. The largest absolute Gasteiger partial charge is 0.473 e. The zero-order chi connectivity index (χ0) is 28.4. The Kier molecular flexibility index (Phi) is 6.35. The summed E-state index contributed by atoms with van der Waals surface area (Å²) in [6.07, 6.45) is -0.978. The molecule has 1 aromatic carbocycles. The summed E-state index contributed by atoms with van der Waals surface area (Å²) in [5, 5.41) is 0.737. The predicted octanol–water partition coefficient (Wildman–Crippen LogP) is 7.69. The average molecular weight is 625 g/mol. The first kappa shape index (κ1) is 26.8. The maximum atomic E-state index is 13.7. The van der Waals surface area contributed by atoms with Crippen LogP contribution in [0.15, 0.2) is 59.2 Å². The van der Waals surface area contributed by atoms with E-state index in [0.717, 1.165) is 33.1 Å². The molecule has 3 aromatic heterocycles. The van der Waals surface area contributed by atoms with E-state index in [1.165, 1.54) is 0 Å². The number of aryl methyl sites for hydroxylation is 1. The number of benzene rings is 1. The van der Waals surface area contributed by atoms with E-state index in [9.17, 15) is 13.2 Å². The van der Waals surface area contributed by atoms with E-state index < -0.39 is 17.0 Å². The van der Waals surface area contributed by atoms with Crippen molar-refractivity contribution in [3.8, 4) is 5.88 Å². The zero-order valence-corrected chi connectivity index (χ0v) is 24.0. The molecule has 0 N–H and O–H groups in total. The molecule has 6 nitrogen and oxygen atoms in total. The van der Waals surface area contributed by atoms with Crippen LogP contribution in [-0.4, -0.2) is 32.7 Å². The first-order valence-corrected chi connectivity index (χ1v) is 14.6. The fraction of sp³-hybridized carbons (Fsp3) is 0.419. The molecule has 4 aliphatic rings. The van der Waals surface area contributed by atoms with E-state index in [4.69, 9.17) is 24.4 Å². The van der Waals surface area contributed by atoms with Gasteiger partial charge in [0.2, 0.25) is 5.88 Å². The van der Waals surface area contributed by atoms with Gasteiger partial charge < -0.3 is 9.47 Å². The molecule has 41 heavy (non-hydrogen) atoms. The molecule has 3 saturated carbocycles. The van der Waals surface area contributed by atoms with Gasteiger partial charge in [-0.2, -0.15) is 13.2 Å². The van der Waals surface area contributed by atoms with Gasteiger partial charge in [-0.1, -0.05) is 30.3 Å². The molecule has 10 heteroatoms. The third-order valence-corrected chi connectivity index (χ3v) is 9.78. The predicted molar refractivity (Wildman–Crippen MR) is 149 cm³/mol. The van der Waals surface area contributed by atoms with Gasteiger partial charge >= 0.3 is 6.18 Å². The van der Waals surface area contributed by atoms with Gasteiger partial charge in [0.1, 0.15) is 12.4 Å². The lowest BCUT2D eigenvalue weighted by Gasteiger charge is -2.70. The molecule has 8 rings (SSSR count). The van der Waals surface area contributed by atoms with Gasteiger partial charge in [0.15, 0.2) is 5.65 Å². The number of ether oxygens (including phenoxy) is 2. The Bertz CT molecular complexity index is 1590. The maximum Gasteiger partial charge on any atom is 0.394 e. The maximum absolute atomic E-state index is 13.7. The number of rotatable bonds is 6. The van der Waals surface area contributed by atoms with Crippen LogP contribution in [-0.2, 0) is 16.8 Å². The van der Waals surface area contributed by atoms with Crippen molar-refractivity contribution in [3.63, 3.8) is 0 Å².